The molecule has 122 valence electrons. The molecule has 0 saturated heterocycles. The van der Waals surface area contributed by atoms with Crippen molar-refractivity contribution in [1.29, 1.82) is 0 Å². The third kappa shape index (κ3) is 3.38. The molecule has 24 heavy (non-hydrogen) atoms. The van der Waals surface area contributed by atoms with Crippen LogP contribution in [0.4, 0.5) is 0 Å². The third-order valence-electron chi connectivity index (χ3n) is 3.33. The Bertz CT molecular complexity index is 940. The maximum atomic E-state index is 12.5. The molecule has 0 aliphatic heterocycles. The second-order valence-corrected chi connectivity index (χ2v) is 5.18. The molecule has 0 aliphatic rings. The van der Waals surface area contributed by atoms with Crippen molar-refractivity contribution in [3.63, 3.8) is 0 Å². The lowest BCUT2D eigenvalue weighted by molar-refractivity contribution is -0.139. The van der Waals surface area contributed by atoms with Gasteiger partial charge in [-0.15, -0.1) is 0 Å². The van der Waals surface area contributed by atoms with Gasteiger partial charge in [0, 0.05) is 6.07 Å². The Hall–Kier alpha value is -3.28. The molecule has 0 saturated carbocycles. The standard InChI is InChI=1S/C18H14O6/c1-11-2-4-12(5-3-11)24-16-9-23-15-8-13(22-10-17(19)20)6-7-14(15)18(16)21/h2-9H,10H2,1H3,(H,19,20). The van der Waals surface area contributed by atoms with Gasteiger partial charge in [-0.05, 0) is 31.2 Å². The van der Waals surface area contributed by atoms with Crippen LogP contribution in [0.3, 0.4) is 0 Å². The maximum Gasteiger partial charge on any atom is 0.341 e. The van der Waals surface area contributed by atoms with E-state index in [4.69, 9.17) is 19.0 Å². The molecule has 0 unspecified atom stereocenters. The van der Waals surface area contributed by atoms with Crippen LogP contribution in [0.15, 0.2) is 57.9 Å². The van der Waals surface area contributed by atoms with Crippen molar-refractivity contribution < 1.29 is 23.8 Å². The molecule has 3 rings (SSSR count). The fourth-order valence-electron chi connectivity index (χ4n) is 2.13. The van der Waals surface area contributed by atoms with E-state index in [2.05, 4.69) is 0 Å². The number of hydrogen-bond acceptors (Lipinski definition) is 5. The van der Waals surface area contributed by atoms with Gasteiger partial charge in [0.05, 0.1) is 5.39 Å². The van der Waals surface area contributed by atoms with Crippen molar-refractivity contribution >= 4 is 16.9 Å². The summed E-state index contributed by atoms with van der Waals surface area (Å²) in [6, 6.07) is 11.8. The maximum absolute atomic E-state index is 12.5. The number of aryl methyl sites for hydroxylation is 1. The molecule has 2 aromatic carbocycles. The van der Waals surface area contributed by atoms with E-state index in [9.17, 15) is 9.59 Å². The Morgan fingerprint density at radius 1 is 1.12 bits per heavy atom. The average Bonchev–Trinajstić information content (AvgIpc) is 2.57. The Morgan fingerprint density at radius 3 is 2.54 bits per heavy atom. The lowest BCUT2D eigenvalue weighted by Crippen LogP contribution is -2.09. The minimum Gasteiger partial charge on any atom is -0.482 e. The van der Waals surface area contributed by atoms with Gasteiger partial charge >= 0.3 is 5.97 Å². The van der Waals surface area contributed by atoms with Crippen LogP contribution in [0.25, 0.3) is 11.0 Å². The van der Waals surface area contributed by atoms with E-state index in [-0.39, 0.29) is 11.2 Å². The molecule has 0 radical (unpaired) electrons. The van der Waals surface area contributed by atoms with Gasteiger partial charge in [0.25, 0.3) is 0 Å². The summed E-state index contributed by atoms with van der Waals surface area (Å²) in [6.45, 7) is 1.49. The minimum atomic E-state index is -1.08. The highest BCUT2D eigenvalue weighted by molar-refractivity contribution is 5.79. The lowest BCUT2D eigenvalue weighted by atomic mass is 10.2. The van der Waals surface area contributed by atoms with Gasteiger partial charge in [0.15, 0.2) is 6.61 Å². The van der Waals surface area contributed by atoms with E-state index < -0.39 is 12.6 Å². The zero-order chi connectivity index (χ0) is 17.1. The average molecular weight is 326 g/mol. The summed E-state index contributed by atoms with van der Waals surface area (Å²) < 4.78 is 16.0. The first kappa shape index (κ1) is 15.6. The molecule has 0 amide bonds. The van der Waals surface area contributed by atoms with E-state index in [1.54, 1.807) is 12.1 Å². The quantitative estimate of drug-likeness (QED) is 0.774. The van der Waals surface area contributed by atoms with E-state index in [1.807, 2.05) is 19.1 Å². The van der Waals surface area contributed by atoms with Gasteiger partial charge in [0.1, 0.15) is 23.3 Å². The minimum absolute atomic E-state index is 0.0746. The Labute approximate surface area is 136 Å². The molecule has 0 atom stereocenters. The van der Waals surface area contributed by atoms with Crippen molar-refractivity contribution in [2.75, 3.05) is 6.61 Å². The molecular weight excluding hydrogens is 312 g/mol. The number of carboxylic acids is 1. The molecule has 1 aromatic heterocycles. The second-order valence-electron chi connectivity index (χ2n) is 5.18. The summed E-state index contributed by atoms with van der Waals surface area (Å²) >= 11 is 0. The first-order valence-electron chi connectivity index (χ1n) is 7.17. The fraction of sp³-hybridized carbons (Fsp3) is 0.111. The van der Waals surface area contributed by atoms with Crippen LogP contribution < -0.4 is 14.9 Å². The fourth-order valence-corrected chi connectivity index (χ4v) is 2.13. The van der Waals surface area contributed by atoms with Gasteiger partial charge in [-0.3, -0.25) is 4.79 Å². The van der Waals surface area contributed by atoms with Gasteiger partial charge in [-0.1, -0.05) is 17.7 Å². The first-order valence-corrected chi connectivity index (χ1v) is 7.17. The smallest absolute Gasteiger partial charge is 0.341 e. The van der Waals surface area contributed by atoms with Crippen LogP contribution in [-0.2, 0) is 4.79 Å². The molecule has 6 nitrogen and oxygen atoms in total. The van der Waals surface area contributed by atoms with Crippen LogP contribution in [0.1, 0.15) is 5.56 Å². The largest absolute Gasteiger partial charge is 0.482 e. The number of rotatable bonds is 5. The molecule has 0 bridgehead atoms. The molecular formula is C18H14O6. The number of carbonyl (C=O) groups is 1. The monoisotopic (exact) mass is 326 g/mol. The number of hydrogen-bond donors (Lipinski definition) is 1. The summed E-state index contributed by atoms with van der Waals surface area (Å²) in [6.07, 6.45) is 1.23. The Kier molecular flexibility index (Phi) is 4.20. The molecule has 1 N–H and O–H groups in total. The summed E-state index contributed by atoms with van der Waals surface area (Å²) in [5.41, 5.74) is 1.06. The van der Waals surface area contributed by atoms with Gasteiger partial charge in [-0.2, -0.15) is 0 Å². The van der Waals surface area contributed by atoms with Crippen LogP contribution in [0.2, 0.25) is 0 Å². The molecule has 0 aliphatic carbocycles. The lowest BCUT2D eigenvalue weighted by Gasteiger charge is -2.07. The van der Waals surface area contributed by atoms with Crippen LogP contribution in [0, 0.1) is 6.92 Å². The van der Waals surface area contributed by atoms with E-state index in [0.717, 1.165) is 5.56 Å². The topological polar surface area (TPSA) is 86.0 Å². The third-order valence-corrected chi connectivity index (χ3v) is 3.33. The number of aliphatic carboxylic acids is 1. The highest BCUT2D eigenvalue weighted by atomic mass is 16.5. The molecule has 0 spiro atoms. The number of ether oxygens (including phenoxy) is 2. The van der Waals surface area contributed by atoms with Crippen LogP contribution >= 0.6 is 0 Å². The number of benzene rings is 2. The first-order chi connectivity index (χ1) is 11.5. The summed E-state index contributed by atoms with van der Waals surface area (Å²) in [4.78, 5) is 23.0. The van der Waals surface area contributed by atoms with E-state index in [1.165, 1.54) is 24.5 Å². The zero-order valence-electron chi connectivity index (χ0n) is 12.8. The van der Waals surface area contributed by atoms with Crippen molar-refractivity contribution in [3.8, 4) is 17.2 Å². The zero-order valence-corrected chi connectivity index (χ0v) is 12.8. The van der Waals surface area contributed by atoms with Crippen molar-refractivity contribution in [2.45, 2.75) is 6.92 Å². The van der Waals surface area contributed by atoms with Crippen molar-refractivity contribution in [1.82, 2.24) is 0 Å². The molecule has 6 heteroatoms. The predicted octanol–water partition coefficient (Wildman–Crippen LogP) is 3.36. The van der Waals surface area contributed by atoms with Crippen molar-refractivity contribution in [3.05, 3.63) is 64.5 Å². The van der Waals surface area contributed by atoms with Gasteiger partial charge < -0.3 is 19.0 Å². The molecule has 3 aromatic rings. The molecule has 0 fully saturated rings. The SMILES string of the molecule is Cc1ccc(Oc2coc3cc(OCC(=O)O)ccc3c2=O)cc1. The van der Waals surface area contributed by atoms with Gasteiger partial charge in [0.2, 0.25) is 11.2 Å². The van der Waals surface area contributed by atoms with E-state index >= 15 is 0 Å². The number of carboxylic acid groups (broad SMARTS) is 1. The van der Waals surface area contributed by atoms with Gasteiger partial charge in [-0.25, -0.2) is 4.79 Å². The van der Waals surface area contributed by atoms with Crippen molar-refractivity contribution in [2.24, 2.45) is 0 Å². The van der Waals surface area contributed by atoms with E-state index in [0.29, 0.717) is 22.5 Å². The highest BCUT2D eigenvalue weighted by Crippen LogP contribution is 2.24. The van der Waals surface area contributed by atoms with Crippen LogP contribution in [0.5, 0.6) is 17.2 Å². The Balaban J connectivity index is 1.90. The predicted molar refractivity (Wildman–Crippen MR) is 86.9 cm³/mol. The molecule has 1 heterocycles. The summed E-state index contributed by atoms with van der Waals surface area (Å²) in [5, 5.41) is 8.93. The second kappa shape index (κ2) is 6.45. The normalized spacial score (nSPS) is 10.5. The number of fused-ring (bicyclic) bond motifs is 1. The summed E-state index contributed by atoms with van der Waals surface area (Å²) in [7, 11) is 0. The van der Waals surface area contributed by atoms with Crippen LogP contribution in [-0.4, -0.2) is 17.7 Å². The highest BCUT2D eigenvalue weighted by Gasteiger charge is 2.10. The summed E-state index contributed by atoms with van der Waals surface area (Å²) in [5.74, 6) is -0.169. The Morgan fingerprint density at radius 2 is 1.83 bits per heavy atom.